The molecule has 7 heteroatoms. The average Bonchev–Trinajstić information content (AvgIpc) is 2.60. The molecule has 4 nitrogen and oxygen atoms in total. The highest BCUT2D eigenvalue weighted by atomic mass is 35.5. The summed E-state index contributed by atoms with van der Waals surface area (Å²) in [6.07, 6.45) is 7.07. The topological polar surface area (TPSA) is 36.4 Å². The van der Waals surface area contributed by atoms with Crippen molar-refractivity contribution < 1.29 is 4.79 Å². The van der Waals surface area contributed by atoms with E-state index in [1.807, 2.05) is 6.07 Å². The van der Waals surface area contributed by atoms with Crippen LogP contribution in [0.3, 0.4) is 0 Å². The van der Waals surface area contributed by atoms with Crippen molar-refractivity contribution in [2.45, 2.75) is 32.2 Å². The van der Waals surface area contributed by atoms with Crippen LogP contribution < -0.4 is 9.80 Å². The second-order valence-electron chi connectivity index (χ2n) is 6.42. The highest BCUT2D eigenvalue weighted by Gasteiger charge is 2.24. The number of benzene rings is 1. The zero-order valence-electron chi connectivity index (χ0n) is 14.8. The number of amides is 1. The summed E-state index contributed by atoms with van der Waals surface area (Å²) < 4.78 is 0. The number of hydrogen-bond acceptors (Lipinski definition) is 3. The van der Waals surface area contributed by atoms with Crippen molar-refractivity contribution >= 4 is 52.9 Å². The lowest BCUT2D eigenvalue weighted by Gasteiger charge is -2.37. The van der Waals surface area contributed by atoms with Crippen molar-refractivity contribution in [3.05, 3.63) is 52.3 Å². The summed E-state index contributed by atoms with van der Waals surface area (Å²) in [6, 6.07) is 7.30. The molecule has 2 aromatic rings. The highest BCUT2D eigenvalue weighted by molar-refractivity contribution is 6.35. The van der Waals surface area contributed by atoms with Crippen LogP contribution in [0.2, 0.25) is 10.0 Å². The van der Waals surface area contributed by atoms with Gasteiger partial charge in [-0.3, -0.25) is 9.78 Å². The van der Waals surface area contributed by atoms with Gasteiger partial charge in [-0.25, -0.2) is 0 Å². The van der Waals surface area contributed by atoms with E-state index < -0.39 is 0 Å². The van der Waals surface area contributed by atoms with Crippen molar-refractivity contribution in [2.75, 3.05) is 23.4 Å². The van der Waals surface area contributed by atoms with E-state index in [9.17, 15) is 4.79 Å². The second-order valence-corrected chi connectivity index (χ2v) is 7.30. The molecule has 0 bridgehead atoms. The first-order valence-electron chi connectivity index (χ1n) is 8.42. The van der Waals surface area contributed by atoms with E-state index in [-0.39, 0.29) is 18.3 Å². The molecular weight excluding hydrogens is 393 g/mol. The first kappa shape index (κ1) is 20.8. The molecule has 1 saturated heterocycles. The monoisotopic (exact) mass is 413 g/mol. The van der Waals surface area contributed by atoms with E-state index in [2.05, 4.69) is 16.8 Å². The summed E-state index contributed by atoms with van der Waals surface area (Å²) in [4.78, 5) is 21.1. The molecule has 1 aliphatic rings. The van der Waals surface area contributed by atoms with E-state index in [1.165, 1.54) is 6.42 Å². The quantitative estimate of drug-likeness (QED) is 0.668. The molecule has 1 atom stereocenters. The Labute approximate surface area is 170 Å². The molecule has 1 fully saturated rings. The Morgan fingerprint density at radius 1 is 1.23 bits per heavy atom. The van der Waals surface area contributed by atoms with Crippen molar-refractivity contribution in [1.29, 1.82) is 0 Å². The first-order chi connectivity index (χ1) is 12.0. The van der Waals surface area contributed by atoms with Gasteiger partial charge in [-0.1, -0.05) is 23.2 Å². The molecule has 1 amide bonds. The number of carbonyl (C=O) groups excluding carboxylic acids is 1. The van der Waals surface area contributed by atoms with Crippen molar-refractivity contribution in [2.24, 2.45) is 0 Å². The average molecular weight is 415 g/mol. The number of rotatable bonds is 3. The van der Waals surface area contributed by atoms with Crippen molar-refractivity contribution in [3.63, 3.8) is 0 Å². The van der Waals surface area contributed by atoms with Gasteiger partial charge in [-0.05, 0) is 50.5 Å². The third-order valence-electron chi connectivity index (χ3n) is 4.67. The lowest BCUT2D eigenvalue weighted by molar-refractivity contribution is 0.0993. The molecule has 1 aliphatic heterocycles. The van der Waals surface area contributed by atoms with Crippen LogP contribution in [0.5, 0.6) is 0 Å². The molecule has 1 unspecified atom stereocenters. The SMILES string of the molecule is CC1CCCCN1c1ccncc1N(C)C(=O)c1cc(Cl)cc(Cl)c1.Cl. The van der Waals surface area contributed by atoms with Crippen LogP contribution in [0.4, 0.5) is 11.4 Å². The minimum atomic E-state index is -0.164. The van der Waals surface area contributed by atoms with Crippen LogP contribution in [0.1, 0.15) is 36.5 Å². The Morgan fingerprint density at radius 3 is 2.58 bits per heavy atom. The summed E-state index contributed by atoms with van der Waals surface area (Å²) in [5, 5.41) is 0.889. The number of hydrogen-bond donors (Lipinski definition) is 0. The molecule has 0 N–H and O–H groups in total. The van der Waals surface area contributed by atoms with Crippen LogP contribution >= 0.6 is 35.6 Å². The van der Waals surface area contributed by atoms with Gasteiger partial charge in [0.25, 0.3) is 5.91 Å². The Balaban J connectivity index is 0.00000243. The van der Waals surface area contributed by atoms with E-state index in [4.69, 9.17) is 23.2 Å². The maximum absolute atomic E-state index is 12.9. The van der Waals surface area contributed by atoms with Crippen LogP contribution in [-0.2, 0) is 0 Å². The van der Waals surface area contributed by atoms with Gasteiger partial charge in [-0.2, -0.15) is 0 Å². The Bertz CT molecular complexity index is 764. The van der Waals surface area contributed by atoms with Gasteiger partial charge in [0.15, 0.2) is 0 Å². The number of aromatic nitrogens is 1. The van der Waals surface area contributed by atoms with Crippen LogP contribution in [-0.4, -0.2) is 30.5 Å². The number of piperidine rings is 1. The molecule has 1 aromatic carbocycles. The third kappa shape index (κ3) is 4.43. The molecular formula is C19H22Cl3N3O. The smallest absolute Gasteiger partial charge is 0.258 e. The lowest BCUT2D eigenvalue weighted by Crippen LogP contribution is -2.39. The fraction of sp³-hybridized carbons (Fsp3) is 0.368. The third-order valence-corrected chi connectivity index (χ3v) is 5.10. The standard InChI is InChI=1S/C19H21Cl2N3O.ClH/c1-13-5-3-4-8-24(13)17-6-7-22-12-18(17)23(2)19(25)14-9-15(20)11-16(21)10-14;/h6-7,9-13H,3-5,8H2,1-2H3;1H. The van der Waals surface area contributed by atoms with Crippen molar-refractivity contribution in [1.82, 2.24) is 4.98 Å². The Morgan fingerprint density at radius 2 is 1.92 bits per heavy atom. The summed E-state index contributed by atoms with van der Waals surface area (Å²) in [5.41, 5.74) is 2.28. The van der Waals surface area contributed by atoms with Crippen LogP contribution in [0.15, 0.2) is 36.7 Å². The molecule has 0 radical (unpaired) electrons. The maximum Gasteiger partial charge on any atom is 0.258 e. The summed E-state index contributed by atoms with van der Waals surface area (Å²) in [6.45, 7) is 3.21. The van der Waals surface area contributed by atoms with E-state index in [1.54, 1.807) is 42.5 Å². The molecule has 0 saturated carbocycles. The van der Waals surface area contributed by atoms with Crippen LogP contribution in [0, 0.1) is 0 Å². The zero-order valence-corrected chi connectivity index (χ0v) is 17.1. The fourth-order valence-electron chi connectivity index (χ4n) is 3.32. The summed E-state index contributed by atoms with van der Waals surface area (Å²) in [5.74, 6) is -0.164. The van der Waals surface area contributed by atoms with E-state index in [0.29, 0.717) is 21.7 Å². The summed E-state index contributed by atoms with van der Waals surface area (Å²) in [7, 11) is 1.76. The highest BCUT2D eigenvalue weighted by Crippen LogP contribution is 2.33. The molecule has 140 valence electrons. The summed E-state index contributed by atoms with van der Waals surface area (Å²) >= 11 is 12.1. The maximum atomic E-state index is 12.9. The zero-order chi connectivity index (χ0) is 18.0. The van der Waals surface area contributed by atoms with E-state index in [0.717, 1.165) is 30.8 Å². The largest absolute Gasteiger partial charge is 0.367 e. The van der Waals surface area contributed by atoms with Gasteiger partial charge in [0.2, 0.25) is 0 Å². The minimum absolute atomic E-state index is 0. The number of pyridine rings is 1. The fourth-order valence-corrected chi connectivity index (χ4v) is 3.84. The normalized spacial score (nSPS) is 16.8. The second kappa shape index (κ2) is 8.94. The van der Waals surface area contributed by atoms with E-state index >= 15 is 0 Å². The first-order valence-corrected chi connectivity index (χ1v) is 9.18. The van der Waals surface area contributed by atoms with Gasteiger partial charge in [-0.15, -0.1) is 12.4 Å². The molecule has 2 heterocycles. The van der Waals surface area contributed by atoms with Gasteiger partial charge in [0, 0.05) is 41.4 Å². The molecule has 26 heavy (non-hydrogen) atoms. The van der Waals surface area contributed by atoms with Gasteiger partial charge >= 0.3 is 0 Å². The molecule has 3 rings (SSSR count). The predicted molar refractivity (Wildman–Crippen MR) is 111 cm³/mol. The number of halogens is 3. The van der Waals surface area contributed by atoms with Gasteiger partial charge in [0.05, 0.1) is 17.6 Å². The predicted octanol–water partition coefficient (Wildman–Crippen LogP) is 5.47. The number of anilines is 2. The number of carbonyl (C=O) groups is 1. The Kier molecular flexibility index (Phi) is 7.16. The Hall–Kier alpha value is -1.49. The minimum Gasteiger partial charge on any atom is -0.367 e. The van der Waals surface area contributed by atoms with Gasteiger partial charge in [0.1, 0.15) is 0 Å². The van der Waals surface area contributed by atoms with Gasteiger partial charge < -0.3 is 9.80 Å². The lowest BCUT2D eigenvalue weighted by atomic mass is 10.0. The molecule has 0 aliphatic carbocycles. The van der Waals surface area contributed by atoms with Crippen molar-refractivity contribution in [3.8, 4) is 0 Å². The molecule has 0 spiro atoms. The van der Waals surface area contributed by atoms with Crippen LogP contribution in [0.25, 0.3) is 0 Å². The molecule has 1 aromatic heterocycles. The number of nitrogens with zero attached hydrogens (tertiary/aromatic N) is 3.